The molecule has 0 aromatic heterocycles. The van der Waals surface area contributed by atoms with Crippen LogP contribution in [-0.2, 0) is 11.2 Å². The third-order valence-electron chi connectivity index (χ3n) is 5.81. The van der Waals surface area contributed by atoms with Crippen molar-refractivity contribution in [3.63, 3.8) is 0 Å². The van der Waals surface area contributed by atoms with Gasteiger partial charge in [0, 0.05) is 52.9 Å². The molecule has 7 nitrogen and oxygen atoms in total. The van der Waals surface area contributed by atoms with E-state index in [0.717, 1.165) is 77.5 Å². The molecule has 29 heavy (non-hydrogen) atoms. The summed E-state index contributed by atoms with van der Waals surface area (Å²) in [6.45, 7) is 6.85. The van der Waals surface area contributed by atoms with Crippen LogP contribution < -0.4 is 5.32 Å². The zero-order valence-corrected chi connectivity index (χ0v) is 17.6. The third-order valence-corrected chi connectivity index (χ3v) is 5.81. The fraction of sp³-hybridized carbons (Fsp3) is 0.636. The third kappa shape index (κ3) is 6.63. The molecular weight excluding hydrogens is 366 g/mol. The van der Waals surface area contributed by atoms with E-state index in [4.69, 9.17) is 0 Å². The number of nitrogens with one attached hydrogen (secondary N) is 1. The quantitative estimate of drug-likeness (QED) is 0.430. The Balaban J connectivity index is 1.34. The zero-order valence-electron chi connectivity index (χ0n) is 17.6. The van der Waals surface area contributed by atoms with Gasteiger partial charge in [0.05, 0.1) is 6.54 Å². The number of aliphatic imine (C=N–C) groups is 1. The second kappa shape index (κ2) is 11.0. The number of hydrogen-bond acceptors (Lipinski definition) is 4. The van der Waals surface area contributed by atoms with E-state index in [9.17, 15) is 9.90 Å². The zero-order chi connectivity index (χ0) is 20.5. The largest absolute Gasteiger partial charge is 0.508 e. The molecule has 0 atom stereocenters. The molecule has 1 amide bonds. The highest BCUT2D eigenvalue weighted by Crippen LogP contribution is 2.12. The van der Waals surface area contributed by atoms with E-state index in [0.29, 0.717) is 12.3 Å². The van der Waals surface area contributed by atoms with E-state index in [1.165, 1.54) is 12.0 Å². The standard InChI is InChI=1S/C22H35N5O2/c1-23-22(24-11-5-6-19-7-9-20(28)10-8-19)27-16-14-25(15-17-27)18-21(29)26-12-3-2-4-13-26/h7-10,28H,2-6,11-18H2,1H3,(H,23,24). The summed E-state index contributed by atoms with van der Waals surface area (Å²) in [4.78, 5) is 23.5. The van der Waals surface area contributed by atoms with Crippen molar-refractivity contribution >= 4 is 11.9 Å². The summed E-state index contributed by atoms with van der Waals surface area (Å²) in [7, 11) is 1.83. The first-order chi connectivity index (χ1) is 14.2. The molecule has 2 saturated heterocycles. The summed E-state index contributed by atoms with van der Waals surface area (Å²) >= 11 is 0. The topological polar surface area (TPSA) is 71.4 Å². The summed E-state index contributed by atoms with van der Waals surface area (Å²) < 4.78 is 0. The maximum absolute atomic E-state index is 12.5. The fourth-order valence-electron chi connectivity index (χ4n) is 4.04. The molecule has 1 aromatic carbocycles. The van der Waals surface area contributed by atoms with Crippen molar-refractivity contribution in [2.75, 3.05) is 59.4 Å². The summed E-state index contributed by atoms with van der Waals surface area (Å²) in [6, 6.07) is 7.40. The normalized spacial score (nSPS) is 18.7. The molecule has 0 saturated carbocycles. The monoisotopic (exact) mass is 401 g/mol. The highest BCUT2D eigenvalue weighted by atomic mass is 16.3. The van der Waals surface area contributed by atoms with Crippen LogP contribution in [0.1, 0.15) is 31.2 Å². The molecule has 2 aliphatic heterocycles. The molecule has 3 rings (SSSR count). The Morgan fingerprint density at radius 1 is 1.00 bits per heavy atom. The highest BCUT2D eigenvalue weighted by molar-refractivity contribution is 5.80. The molecule has 2 N–H and O–H groups in total. The SMILES string of the molecule is CN=C(NCCCc1ccc(O)cc1)N1CCN(CC(=O)N2CCCCC2)CC1. The lowest BCUT2D eigenvalue weighted by Gasteiger charge is -2.37. The molecule has 7 heteroatoms. The Hall–Kier alpha value is -2.28. The second-order valence-electron chi connectivity index (χ2n) is 7.95. The minimum atomic E-state index is 0.287. The Morgan fingerprint density at radius 3 is 2.34 bits per heavy atom. The molecule has 0 spiro atoms. The van der Waals surface area contributed by atoms with Crippen molar-refractivity contribution < 1.29 is 9.90 Å². The number of amides is 1. The number of aryl methyl sites for hydroxylation is 1. The minimum Gasteiger partial charge on any atom is -0.508 e. The van der Waals surface area contributed by atoms with Gasteiger partial charge in [0.2, 0.25) is 5.91 Å². The van der Waals surface area contributed by atoms with Crippen LogP contribution in [0.3, 0.4) is 0 Å². The van der Waals surface area contributed by atoms with Crippen LogP contribution in [0.15, 0.2) is 29.3 Å². The number of phenolic OH excluding ortho intramolecular Hbond substituents is 1. The van der Waals surface area contributed by atoms with Crippen LogP contribution in [0.4, 0.5) is 0 Å². The molecule has 1 aromatic rings. The number of aromatic hydroxyl groups is 1. The van der Waals surface area contributed by atoms with Crippen LogP contribution in [0.25, 0.3) is 0 Å². The van der Waals surface area contributed by atoms with E-state index < -0.39 is 0 Å². The van der Waals surface area contributed by atoms with Gasteiger partial charge in [-0.1, -0.05) is 12.1 Å². The molecule has 2 aliphatic rings. The van der Waals surface area contributed by atoms with Crippen LogP contribution >= 0.6 is 0 Å². The Labute approximate surface area is 174 Å². The number of carbonyl (C=O) groups excluding carboxylic acids is 1. The number of carbonyl (C=O) groups is 1. The molecule has 160 valence electrons. The van der Waals surface area contributed by atoms with Crippen molar-refractivity contribution in [1.29, 1.82) is 0 Å². The van der Waals surface area contributed by atoms with E-state index in [2.05, 4.69) is 20.1 Å². The van der Waals surface area contributed by atoms with E-state index in [1.54, 1.807) is 12.1 Å². The number of nitrogens with zero attached hydrogens (tertiary/aromatic N) is 4. The lowest BCUT2D eigenvalue weighted by atomic mass is 10.1. The van der Waals surface area contributed by atoms with Crippen molar-refractivity contribution in [2.24, 2.45) is 4.99 Å². The van der Waals surface area contributed by atoms with Gasteiger partial charge in [-0.3, -0.25) is 14.7 Å². The maximum atomic E-state index is 12.5. The van der Waals surface area contributed by atoms with Gasteiger partial charge >= 0.3 is 0 Å². The predicted molar refractivity (Wildman–Crippen MR) is 116 cm³/mol. The average molecular weight is 402 g/mol. The Morgan fingerprint density at radius 2 is 1.69 bits per heavy atom. The van der Waals surface area contributed by atoms with Gasteiger partial charge in [0.25, 0.3) is 0 Å². The van der Waals surface area contributed by atoms with Gasteiger partial charge in [-0.05, 0) is 49.8 Å². The minimum absolute atomic E-state index is 0.287. The van der Waals surface area contributed by atoms with E-state index in [-0.39, 0.29) is 5.91 Å². The van der Waals surface area contributed by atoms with Crippen molar-refractivity contribution in [1.82, 2.24) is 20.0 Å². The number of benzene rings is 1. The fourth-order valence-corrected chi connectivity index (χ4v) is 4.04. The summed E-state index contributed by atoms with van der Waals surface area (Å²) in [5.41, 5.74) is 1.23. The van der Waals surface area contributed by atoms with Gasteiger partial charge in [0.15, 0.2) is 5.96 Å². The smallest absolute Gasteiger partial charge is 0.236 e. The van der Waals surface area contributed by atoms with Crippen LogP contribution in [0.5, 0.6) is 5.75 Å². The summed E-state index contributed by atoms with van der Waals surface area (Å²) in [5, 5.41) is 12.8. The van der Waals surface area contributed by atoms with E-state index >= 15 is 0 Å². The van der Waals surface area contributed by atoms with Gasteiger partial charge < -0.3 is 20.2 Å². The molecule has 2 fully saturated rings. The number of phenols is 1. The number of hydrogen-bond donors (Lipinski definition) is 2. The molecule has 0 unspecified atom stereocenters. The van der Waals surface area contributed by atoms with Gasteiger partial charge in [-0.2, -0.15) is 0 Å². The Kier molecular flexibility index (Phi) is 8.16. The van der Waals surface area contributed by atoms with Gasteiger partial charge in [0.1, 0.15) is 5.75 Å². The van der Waals surface area contributed by atoms with Crippen molar-refractivity contribution in [3.8, 4) is 5.75 Å². The first-order valence-corrected chi connectivity index (χ1v) is 10.9. The van der Waals surface area contributed by atoms with Gasteiger partial charge in [-0.15, -0.1) is 0 Å². The van der Waals surface area contributed by atoms with Crippen LogP contribution in [-0.4, -0.2) is 91.1 Å². The van der Waals surface area contributed by atoms with Gasteiger partial charge in [-0.25, -0.2) is 0 Å². The number of piperazine rings is 1. The molecule has 2 heterocycles. The summed E-state index contributed by atoms with van der Waals surface area (Å²) in [6.07, 6.45) is 5.52. The van der Waals surface area contributed by atoms with Crippen LogP contribution in [0, 0.1) is 0 Å². The first-order valence-electron chi connectivity index (χ1n) is 10.9. The van der Waals surface area contributed by atoms with Crippen molar-refractivity contribution in [2.45, 2.75) is 32.1 Å². The molecular formula is C22H35N5O2. The average Bonchev–Trinajstić information content (AvgIpc) is 2.76. The lowest BCUT2D eigenvalue weighted by molar-refractivity contribution is -0.133. The van der Waals surface area contributed by atoms with Crippen molar-refractivity contribution in [3.05, 3.63) is 29.8 Å². The highest BCUT2D eigenvalue weighted by Gasteiger charge is 2.23. The maximum Gasteiger partial charge on any atom is 0.236 e. The number of rotatable bonds is 6. The van der Waals surface area contributed by atoms with Crippen LogP contribution in [0.2, 0.25) is 0 Å². The number of piperidine rings is 1. The lowest BCUT2D eigenvalue weighted by Crippen LogP contribution is -2.54. The number of likely N-dealkylation sites (tertiary alicyclic amines) is 1. The summed E-state index contributed by atoms with van der Waals surface area (Å²) in [5.74, 6) is 1.54. The molecule has 0 aliphatic carbocycles. The first kappa shape index (κ1) is 21.4. The predicted octanol–water partition coefficient (Wildman–Crippen LogP) is 1.53. The second-order valence-corrected chi connectivity index (χ2v) is 7.95. The Bertz CT molecular complexity index is 662. The molecule has 0 radical (unpaired) electrons. The molecule has 0 bridgehead atoms. The van der Waals surface area contributed by atoms with E-state index in [1.807, 2.05) is 24.1 Å². The number of guanidine groups is 1.